The highest BCUT2D eigenvalue weighted by Crippen LogP contribution is 2.36. The van der Waals surface area contributed by atoms with Crippen molar-refractivity contribution in [1.82, 2.24) is 9.97 Å². The molecule has 2 N–H and O–H groups in total. The van der Waals surface area contributed by atoms with E-state index in [1.807, 2.05) is 0 Å². The van der Waals surface area contributed by atoms with Crippen molar-refractivity contribution in [3.05, 3.63) is 40.8 Å². The third-order valence-corrected chi connectivity index (χ3v) is 4.77. The number of rotatable bonds is 6. The normalized spacial score (nSPS) is 12.2. The van der Waals surface area contributed by atoms with E-state index >= 15 is 0 Å². The van der Waals surface area contributed by atoms with Crippen molar-refractivity contribution in [3.8, 4) is 5.75 Å². The van der Waals surface area contributed by atoms with E-state index in [2.05, 4.69) is 15.3 Å². The molecule has 0 spiro atoms. The first-order chi connectivity index (χ1) is 12.4. The van der Waals surface area contributed by atoms with Gasteiger partial charge in [0.25, 0.3) is 0 Å². The molecule has 2 aromatic heterocycles. The van der Waals surface area contributed by atoms with Gasteiger partial charge in [0.15, 0.2) is 0 Å². The summed E-state index contributed by atoms with van der Waals surface area (Å²) in [6, 6.07) is 3.82. The number of halogens is 2. The fourth-order valence-electron chi connectivity index (χ4n) is 2.42. The van der Waals surface area contributed by atoms with Crippen LogP contribution in [0.5, 0.6) is 5.75 Å². The first kappa shape index (κ1) is 18.0. The summed E-state index contributed by atoms with van der Waals surface area (Å²) in [6.45, 7) is 2.78. The number of thiophene rings is 1. The Labute approximate surface area is 151 Å². The maximum absolute atomic E-state index is 13.5. The van der Waals surface area contributed by atoms with E-state index in [1.54, 1.807) is 6.92 Å². The van der Waals surface area contributed by atoms with Crippen LogP contribution < -0.4 is 10.1 Å². The van der Waals surface area contributed by atoms with Crippen molar-refractivity contribution in [1.29, 1.82) is 0 Å². The van der Waals surface area contributed by atoms with Gasteiger partial charge < -0.3 is 15.2 Å². The lowest BCUT2D eigenvalue weighted by Crippen LogP contribution is -2.10. The second-order valence-electron chi connectivity index (χ2n) is 5.62. The molecule has 3 rings (SSSR count). The Hall–Kier alpha value is -2.81. The number of aryl methyl sites for hydroxylation is 1. The molecule has 3 aromatic rings. The fourth-order valence-corrected chi connectivity index (χ4v) is 3.41. The summed E-state index contributed by atoms with van der Waals surface area (Å²) in [4.78, 5) is 20.3. The van der Waals surface area contributed by atoms with Crippen LogP contribution in [0.1, 0.15) is 22.2 Å². The number of benzene rings is 1. The van der Waals surface area contributed by atoms with Gasteiger partial charge in [0.2, 0.25) is 0 Å². The van der Waals surface area contributed by atoms with Crippen LogP contribution in [0.25, 0.3) is 10.2 Å². The molecule has 0 bridgehead atoms. The van der Waals surface area contributed by atoms with Crippen LogP contribution in [0, 0.1) is 12.7 Å². The van der Waals surface area contributed by atoms with E-state index in [0.717, 1.165) is 17.4 Å². The van der Waals surface area contributed by atoms with Crippen molar-refractivity contribution < 1.29 is 23.4 Å². The molecule has 0 aliphatic heterocycles. The second-order valence-corrected chi connectivity index (χ2v) is 6.62. The number of hydrogen-bond donors (Lipinski definition) is 2. The Balaban J connectivity index is 2.03. The van der Waals surface area contributed by atoms with Gasteiger partial charge in [-0.25, -0.2) is 23.5 Å². The SMILES string of the molecule is Cc1c(C(=O)O)sc2ncnc(Nc3ccc(F)cc3OCC(C)F)c12. The fraction of sp³-hybridized carbons (Fsp3) is 0.235. The number of carboxylic acids is 1. The van der Waals surface area contributed by atoms with Gasteiger partial charge in [-0.3, -0.25) is 0 Å². The second kappa shape index (κ2) is 7.20. The van der Waals surface area contributed by atoms with Crippen LogP contribution >= 0.6 is 11.3 Å². The summed E-state index contributed by atoms with van der Waals surface area (Å²) >= 11 is 1.05. The monoisotopic (exact) mass is 379 g/mol. The lowest BCUT2D eigenvalue weighted by Gasteiger charge is -2.14. The number of carbonyl (C=O) groups is 1. The number of carboxylic acid groups (broad SMARTS) is 1. The van der Waals surface area contributed by atoms with Gasteiger partial charge in [0.05, 0.1) is 11.1 Å². The van der Waals surface area contributed by atoms with Gasteiger partial charge in [-0.15, -0.1) is 11.3 Å². The van der Waals surface area contributed by atoms with E-state index in [1.165, 1.54) is 25.4 Å². The van der Waals surface area contributed by atoms with Gasteiger partial charge in [-0.1, -0.05) is 0 Å². The third kappa shape index (κ3) is 3.57. The molecule has 1 unspecified atom stereocenters. The lowest BCUT2D eigenvalue weighted by atomic mass is 10.2. The Bertz CT molecular complexity index is 975. The predicted octanol–water partition coefficient (Wildman–Crippen LogP) is 4.32. The molecule has 0 aliphatic carbocycles. The number of alkyl halides is 1. The number of nitrogens with one attached hydrogen (secondary N) is 1. The number of fused-ring (bicyclic) bond motifs is 1. The zero-order chi connectivity index (χ0) is 18.8. The molecule has 2 heterocycles. The Morgan fingerprint density at radius 1 is 1.42 bits per heavy atom. The van der Waals surface area contributed by atoms with E-state index in [9.17, 15) is 18.7 Å². The first-order valence-corrected chi connectivity index (χ1v) is 8.49. The average Bonchev–Trinajstić information content (AvgIpc) is 2.93. The minimum Gasteiger partial charge on any atom is -0.488 e. The molecular weight excluding hydrogens is 364 g/mol. The number of aromatic nitrogens is 2. The molecule has 0 aliphatic rings. The van der Waals surface area contributed by atoms with Crippen LogP contribution in [0.4, 0.5) is 20.3 Å². The van der Waals surface area contributed by atoms with Crippen molar-refractivity contribution in [2.24, 2.45) is 0 Å². The van der Waals surface area contributed by atoms with E-state index in [0.29, 0.717) is 27.3 Å². The zero-order valence-electron chi connectivity index (χ0n) is 13.9. The number of nitrogens with zero attached hydrogens (tertiary/aromatic N) is 2. The van der Waals surface area contributed by atoms with Crippen LogP contribution in [0.2, 0.25) is 0 Å². The molecule has 9 heteroatoms. The van der Waals surface area contributed by atoms with E-state index in [4.69, 9.17) is 4.74 Å². The van der Waals surface area contributed by atoms with Crippen molar-refractivity contribution in [2.75, 3.05) is 11.9 Å². The highest BCUT2D eigenvalue weighted by Gasteiger charge is 2.19. The number of anilines is 2. The molecule has 1 atom stereocenters. The van der Waals surface area contributed by atoms with Gasteiger partial charge in [-0.2, -0.15) is 0 Å². The Morgan fingerprint density at radius 2 is 2.19 bits per heavy atom. The Morgan fingerprint density at radius 3 is 2.88 bits per heavy atom. The molecule has 0 saturated carbocycles. The minimum absolute atomic E-state index is 0.132. The summed E-state index contributed by atoms with van der Waals surface area (Å²) in [5.41, 5.74) is 0.914. The van der Waals surface area contributed by atoms with E-state index < -0.39 is 18.0 Å². The average molecular weight is 379 g/mol. The molecule has 0 saturated heterocycles. The van der Waals surface area contributed by atoms with Crippen LogP contribution in [0.15, 0.2) is 24.5 Å². The lowest BCUT2D eigenvalue weighted by molar-refractivity contribution is 0.0701. The largest absolute Gasteiger partial charge is 0.488 e. The van der Waals surface area contributed by atoms with Crippen molar-refractivity contribution in [2.45, 2.75) is 20.0 Å². The molecule has 0 amide bonds. The van der Waals surface area contributed by atoms with Crippen LogP contribution in [0.3, 0.4) is 0 Å². The summed E-state index contributed by atoms with van der Waals surface area (Å²) in [6.07, 6.45) is 0.0917. The number of ether oxygens (including phenoxy) is 1. The standard InChI is InChI=1S/C17H15F2N3O3S/c1-8(18)6-25-12-5-10(19)3-4-11(12)22-15-13-9(2)14(17(23)24)26-16(13)21-7-20-15/h3-5,7-8H,6H2,1-2H3,(H,23,24)(H,20,21,22). The highest BCUT2D eigenvalue weighted by molar-refractivity contribution is 7.20. The van der Waals surface area contributed by atoms with Crippen molar-refractivity contribution >= 4 is 39.0 Å². The third-order valence-electron chi connectivity index (χ3n) is 3.59. The summed E-state index contributed by atoms with van der Waals surface area (Å²) in [5.74, 6) is -1.07. The Kier molecular flexibility index (Phi) is 4.99. The molecule has 26 heavy (non-hydrogen) atoms. The summed E-state index contributed by atoms with van der Waals surface area (Å²) in [7, 11) is 0. The molecule has 1 aromatic carbocycles. The molecule has 6 nitrogen and oxygen atoms in total. The minimum atomic E-state index is -1.21. The number of aromatic carboxylic acids is 1. The van der Waals surface area contributed by atoms with Gasteiger partial charge in [-0.05, 0) is 31.5 Å². The number of hydrogen-bond acceptors (Lipinski definition) is 6. The van der Waals surface area contributed by atoms with Gasteiger partial charge >= 0.3 is 5.97 Å². The van der Waals surface area contributed by atoms with Crippen LogP contribution in [-0.4, -0.2) is 33.8 Å². The quantitative estimate of drug-likeness (QED) is 0.664. The first-order valence-electron chi connectivity index (χ1n) is 7.67. The van der Waals surface area contributed by atoms with Gasteiger partial charge in [0.1, 0.15) is 46.2 Å². The predicted molar refractivity (Wildman–Crippen MR) is 94.9 cm³/mol. The zero-order valence-corrected chi connectivity index (χ0v) is 14.7. The highest BCUT2D eigenvalue weighted by atomic mass is 32.1. The molecule has 0 fully saturated rings. The topological polar surface area (TPSA) is 84.3 Å². The van der Waals surface area contributed by atoms with Crippen LogP contribution in [-0.2, 0) is 0 Å². The summed E-state index contributed by atoms with van der Waals surface area (Å²) < 4.78 is 31.9. The maximum atomic E-state index is 13.5. The molecule has 0 radical (unpaired) electrons. The maximum Gasteiger partial charge on any atom is 0.346 e. The van der Waals surface area contributed by atoms with Gasteiger partial charge in [0, 0.05) is 6.07 Å². The molecule has 136 valence electrons. The summed E-state index contributed by atoms with van der Waals surface area (Å²) in [5, 5.41) is 12.9. The molecular formula is C17H15F2N3O3S. The smallest absolute Gasteiger partial charge is 0.346 e. The van der Waals surface area contributed by atoms with Crippen molar-refractivity contribution in [3.63, 3.8) is 0 Å². The van der Waals surface area contributed by atoms with E-state index in [-0.39, 0.29) is 17.2 Å².